The fraction of sp³-hybridized carbons (Fsp3) is 0.467. The summed E-state index contributed by atoms with van der Waals surface area (Å²) in [6.07, 6.45) is 1.15. The molecule has 0 spiro atoms. The van der Waals surface area contributed by atoms with Gasteiger partial charge in [0, 0.05) is 18.2 Å². The molecule has 0 radical (unpaired) electrons. The number of aromatic nitrogens is 2. The number of nitrogens with zero attached hydrogens (tertiary/aromatic N) is 3. The second kappa shape index (κ2) is 5.73. The van der Waals surface area contributed by atoms with Crippen molar-refractivity contribution in [3.05, 3.63) is 36.2 Å². The van der Waals surface area contributed by atoms with Gasteiger partial charge in [0.1, 0.15) is 0 Å². The molecule has 0 bridgehead atoms. The van der Waals surface area contributed by atoms with Crippen LogP contribution in [0.2, 0.25) is 0 Å². The highest BCUT2D eigenvalue weighted by atomic mass is 16.5. The molecule has 1 aliphatic rings. The largest absolute Gasteiger partial charge is 0.334 e. The average Bonchev–Trinajstić information content (AvgIpc) is 3.10. The summed E-state index contributed by atoms with van der Waals surface area (Å²) in [5, 5.41) is 4.07. The van der Waals surface area contributed by atoms with Gasteiger partial charge in [0.05, 0.1) is 6.54 Å². The summed E-state index contributed by atoms with van der Waals surface area (Å²) in [7, 11) is 0. The molecule has 106 valence electrons. The van der Waals surface area contributed by atoms with Crippen LogP contribution in [-0.4, -0.2) is 34.2 Å². The summed E-state index contributed by atoms with van der Waals surface area (Å²) >= 11 is 0. The van der Waals surface area contributed by atoms with E-state index < -0.39 is 0 Å². The molecule has 5 heteroatoms. The van der Waals surface area contributed by atoms with E-state index in [0.29, 0.717) is 11.8 Å². The fourth-order valence-electron chi connectivity index (χ4n) is 2.65. The van der Waals surface area contributed by atoms with Gasteiger partial charge in [0.15, 0.2) is 5.82 Å². The normalized spacial score (nSPS) is 21.2. The Bertz CT molecular complexity index is 552. The molecule has 20 heavy (non-hydrogen) atoms. The Labute approximate surface area is 118 Å². The quantitative estimate of drug-likeness (QED) is 0.920. The van der Waals surface area contributed by atoms with Crippen molar-refractivity contribution in [3.63, 3.8) is 0 Å². The molecule has 2 atom stereocenters. The van der Waals surface area contributed by atoms with Gasteiger partial charge in [-0.05, 0) is 37.9 Å². The van der Waals surface area contributed by atoms with Crippen LogP contribution >= 0.6 is 0 Å². The Balaban J connectivity index is 1.64. The highest BCUT2D eigenvalue weighted by Gasteiger charge is 2.26. The molecule has 1 aliphatic heterocycles. The summed E-state index contributed by atoms with van der Waals surface area (Å²) < 4.78 is 5.32. The van der Waals surface area contributed by atoms with Gasteiger partial charge in [-0.1, -0.05) is 23.4 Å². The maximum atomic E-state index is 5.96. The minimum absolute atomic E-state index is 0.255. The first-order valence-electron chi connectivity index (χ1n) is 7.08. The molecule has 0 amide bonds. The van der Waals surface area contributed by atoms with E-state index in [1.807, 2.05) is 30.3 Å². The first-order valence-corrected chi connectivity index (χ1v) is 7.08. The van der Waals surface area contributed by atoms with Gasteiger partial charge in [-0.25, -0.2) is 0 Å². The highest BCUT2D eigenvalue weighted by Crippen LogP contribution is 2.21. The molecule has 0 saturated carbocycles. The number of hydrogen-bond donors (Lipinski definition) is 1. The van der Waals surface area contributed by atoms with Crippen LogP contribution in [0.1, 0.15) is 19.2 Å². The molecule has 2 N–H and O–H groups in total. The summed E-state index contributed by atoms with van der Waals surface area (Å²) in [6, 6.07) is 10.1. The molecule has 1 aromatic heterocycles. The molecular formula is C15H20N4O. The van der Waals surface area contributed by atoms with Gasteiger partial charge in [-0.2, -0.15) is 4.98 Å². The molecule has 1 aromatic carbocycles. The van der Waals surface area contributed by atoms with Crippen molar-refractivity contribution in [2.45, 2.75) is 25.9 Å². The minimum Gasteiger partial charge on any atom is -0.334 e. The number of likely N-dealkylation sites (tertiary alicyclic amines) is 1. The van der Waals surface area contributed by atoms with E-state index in [4.69, 9.17) is 10.3 Å². The maximum Gasteiger partial charge on any atom is 0.257 e. The van der Waals surface area contributed by atoms with Gasteiger partial charge in [-0.15, -0.1) is 0 Å². The Morgan fingerprint density at radius 1 is 1.40 bits per heavy atom. The number of hydrogen-bond acceptors (Lipinski definition) is 5. The first kappa shape index (κ1) is 13.3. The SMILES string of the molecule is CC(N)C1CCN(Cc2noc(-c3ccccc3)n2)C1. The van der Waals surface area contributed by atoms with Crippen LogP contribution in [0.25, 0.3) is 11.5 Å². The van der Waals surface area contributed by atoms with E-state index in [1.54, 1.807) is 0 Å². The van der Waals surface area contributed by atoms with Gasteiger partial charge in [-0.3, -0.25) is 4.90 Å². The monoisotopic (exact) mass is 272 g/mol. The Hall–Kier alpha value is -1.72. The smallest absolute Gasteiger partial charge is 0.257 e. The second-order valence-corrected chi connectivity index (χ2v) is 5.52. The molecular weight excluding hydrogens is 252 g/mol. The zero-order chi connectivity index (χ0) is 13.9. The van der Waals surface area contributed by atoms with Crippen molar-refractivity contribution in [1.29, 1.82) is 0 Å². The lowest BCUT2D eigenvalue weighted by molar-refractivity contribution is 0.294. The third kappa shape index (κ3) is 2.89. The molecule has 2 heterocycles. The van der Waals surface area contributed by atoms with Crippen LogP contribution < -0.4 is 5.73 Å². The summed E-state index contributed by atoms with van der Waals surface area (Å²) in [5.74, 6) is 1.91. The molecule has 1 saturated heterocycles. The predicted molar refractivity (Wildman–Crippen MR) is 76.8 cm³/mol. The molecule has 2 unspecified atom stereocenters. The average molecular weight is 272 g/mol. The van der Waals surface area contributed by atoms with Crippen LogP contribution in [0.5, 0.6) is 0 Å². The van der Waals surface area contributed by atoms with Crippen molar-refractivity contribution >= 4 is 0 Å². The van der Waals surface area contributed by atoms with Crippen LogP contribution in [0, 0.1) is 5.92 Å². The Morgan fingerprint density at radius 3 is 2.90 bits per heavy atom. The van der Waals surface area contributed by atoms with Crippen molar-refractivity contribution in [1.82, 2.24) is 15.0 Å². The second-order valence-electron chi connectivity index (χ2n) is 5.52. The van der Waals surface area contributed by atoms with Gasteiger partial charge >= 0.3 is 0 Å². The predicted octanol–water partition coefficient (Wildman–Crippen LogP) is 1.91. The van der Waals surface area contributed by atoms with E-state index >= 15 is 0 Å². The number of nitrogens with two attached hydrogens (primary N) is 1. The first-order chi connectivity index (χ1) is 9.72. The molecule has 3 rings (SSSR count). The zero-order valence-corrected chi connectivity index (χ0v) is 11.7. The van der Waals surface area contributed by atoms with E-state index in [9.17, 15) is 0 Å². The third-order valence-electron chi connectivity index (χ3n) is 3.91. The van der Waals surface area contributed by atoms with Crippen LogP contribution in [0.15, 0.2) is 34.9 Å². The topological polar surface area (TPSA) is 68.2 Å². The maximum absolute atomic E-state index is 5.96. The summed E-state index contributed by atoms with van der Waals surface area (Å²) in [4.78, 5) is 6.80. The van der Waals surface area contributed by atoms with Crippen LogP contribution in [-0.2, 0) is 6.54 Å². The minimum atomic E-state index is 0.255. The fourth-order valence-corrected chi connectivity index (χ4v) is 2.65. The van der Waals surface area contributed by atoms with Crippen LogP contribution in [0.4, 0.5) is 0 Å². The van der Waals surface area contributed by atoms with Crippen molar-refractivity contribution in [3.8, 4) is 11.5 Å². The molecule has 2 aromatic rings. The van der Waals surface area contributed by atoms with Gasteiger partial charge in [0.2, 0.25) is 0 Å². The lowest BCUT2D eigenvalue weighted by Gasteiger charge is -2.15. The molecule has 1 fully saturated rings. The number of rotatable bonds is 4. The van der Waals surface area contributed by atoms with Crippen molar-refractivity contribution in [2.75, 3.05) is 13.1 Å². The standard InChI is InChI=1S/C15H20N4O/c1-11(16)13-7-8-19(9-13)10-14-17-15(20-18-14)12-5-3-2-4-6-12/h2-6,11,13H,7-10,16H2,1H3. The van der Waals surface area contributed by atoms with Gasteiger partial charge < -0.3 is 10.3 Å². The zero-order valence-electron chi connectivity index (χ0n) is 11.7. The highest BCUT2D eigenvalue weighted by molar-refractivity contribution is 5.51. The number of benzene rings is 1. The lowest BCUT2D eigenvalue weighted by atomic mass is 10.0. The summed E-state index contributed by atoms with van der Waals surface area (Å²) in [6.45, 7) is 4.89. The van der Waals surface area contributed by atoms with E-state index in [2.05, 4.69) is 22.0 Å². The van der Waals surface area contributed by atoms with Gasteiger partial charge in [0.25, 0.3) is 5.89 Å². The molecule has 5 nitrogen and oxygen atoms in total. The summed E-state index contributed by atoms with van der Waals surface area (Å²) in [5.41, 5.74) is 6.92. The Kier molecular flexibility index (Phi) is 3.80. The molecule has 0 aliphatic carbocycles. The van der Waals surface area contributed by atoms with E-state index in [0.717, 1.165) is 37.4 Å². The lowest BCUT2D eigenvalue weighted by Crippen LogP contribution is -2.29. The van der Waals surface area contributed by atoms with E-state index in [-0.39, 0.29) is 6.04 Å². The Morgan fingerprint density at radius 2 is 2.20 bits per heavy atom. The van der Waals surface area contributed by atoms with Crippen molar-refractivity contribution < 1.29 is 4.52 Å². The van der Waals surface area contributed by atoms with E-state index in [1.165, 1.54) is 0 Å². The third-order valence-corrected chi connectivity index (χ3v) is 3.91. The van der Waals surface area contributed by atoms with Crippen molar-refractivity contribution in [2.24, 2.45) is 11.7 Å². The van der Waals surface area contributed by atoms with Crippen LogP contribution in [0.3, 0.4) is 0 Å².